The molecule has 0 amide bonds. The Bertz CT molecular complexity index is 498. The van der Waals surface area contributed by atoms with Crippen LogP contribution >= 0.6 is 31.9 Å². The molecule has 1 rings (SSSR count). The lowest BCUT2D eigenvalue weighted by Gasteiger charge is -2.03. The van der Waals surface area contributed by atoms with Gasteiger partial charge in [0, 0.05) is 11.6 Å². The number of benzene rings is 1. The number of aliphatic carboxylic acids is 1. The second-order valence-corrected chi connectivity index (χ2v) is 4.70. The number of phenolic OH excluding ortho intramolecular Hbond substituents is 1. The van der Waals surface area contributed by atoms with Crippen molar-refractivity contribution in [1.29, 1.82) is 0 Å². The van der Waals surface area contributed by atoms with Crippen LogP contribution < -0.4 is 0 Å². The van der Waals surface area contributed by atoms with Crippen LogP contribution in [-0.2, 0) is 4.79 Å². The van der Waals surface area contributed by atoms with Crippen molar-refractivity contribution in [3.63, 3.8) is 0 Å². The first-order chi connectivity index (χ1) is 7.82. The number of aliphatic hydroxyl groups excluding tert-OH is 1. The third-order valence-corrected chi connectivity index (χ3v) is 3.00. The summed E-state index contributed by atoms with van der Waals surface area (Å²) >= 11 is 6.06. The lowest BCUT2D eigenvalue weighted by molar-refractivity contribution is -0.135. The lowest BCUT2D eigenvalue weighted by Crippen LogP contribution is -2.04. The van der Waals surface area contributed by atoms with Gasteiger partial charge in [0.2, 0.25) is 5.76 Å². The molecule has 0 spiro atoms. The average Bonchev–Trinajstić information content (AvgIpc) is 2.24. The highest BCUT2D eigenvalue weighted by Crippen LogP contribution is 2.33. The van der Waals surface area contributed by atoms with Gasteiger partial charge in [-0.1, -0.05) is 0 Å². The third kappa shape index (κ3) is 3.31. The minimum atomic E-state index is -1.59. The van der Waals surface area contributed by atoms with E-state index in [4.69, 9.17) is 10.2 Å². The van der Waals surface area contributed by atoms with E-state index in [2.05, 4.69) is 31.9 Å². The van der Waals surface area contributed by atoms with Crippen LogP contribution in [0.15, 0.2) is 32.9 Å². The molecule has 0 fully saturated rings. The summed E-state index contributed by atoms with van der Waals surface area (Å²) in [4.78, 5) is 21.9. The molecular formula is C10H6Br2O5. The van der Waals surface area contributed by atoms with E-state index in [9.17, 15) is 14.7 Å². The van der Waals surface area contributed by atoms with Gasteiger partial charge in [0.1, 0.15) is 5.75 Å². The number of phenols is 1. The Balaban J connectivity index is 3.15. The van der Waals surface area contributed by atoms with Gasteiger partial charge in [-0.3, -0.25) is 4.79 Å². The maximum Gasteiger partial charge on any atom is 0.371 e. The van der Waals surface area contributed by atoms with Crippen LogP contribution in [0.2, 0.25) is 0 Å². The molecule has 0 radical (unpaired) electrons. The zero-order valence-corrected chi connectivity index (χ0v) is 11.3. The van der Waals surface area contributed by atoms with Crippen molar-refractivity contribution < 1.29 is 24.9 Å². The first-order valence-corrected chi connectivity index (χ1v) is 5.78. The van der Waals surface area contributed by atoms with E-state index in [1.807, 2.05) is 0 Å². The smallest absolute Gasteiger partial charge is 0.371 e. The molecule has 0 aliphatic rings. The van der Waals surface area contributed by atoms with Crippen molar-refractivity contribution in [3.8, 4) is 5.75 Å². The minimum absolute atomic E-state index is 0.0759. The van der Waals surface area contributed by atoms with E-state index in [0.29, 0.717) is 6.08 Å². The number of carboxylic acids is 1. The van der Waals surface area contributed by atoms with Crippen LogP contribution in [0, 0.1) is 0 Å². The molecule has 90 valence electrons. The molecule has 0 saturated carbocycles. The molecule has 0 saturated heterocycles. The molecule has 0 aliphatic heterocycles. The van der Waals surface area contributed by atoms with E-state index >= 15 is 0 Å². The largest absolute Gasteiger partial charge is 0.506 e. The minimum Gasteiger partial charge on any atom is -0.506 e. The normalized spacial score (nSPS) is 11.3. The third-order valence-electron chi connectivity index (χ3n) is 1.79. The second kappa shape index (κ2) is 5.33. The zero-order valence-electron chi connectivity index (χ0n) is 8.15. The number of hydrogen-bond donors (Lipinski definition) is 3. The van der Waals surface area contributed by atoms with Crippen molar-refractivity contribution in [1.82, 2.24) is 0 Å². The quantitative estimate of drug-likeness (QED) is 0.435. The van der Waals surface area contributed by atoms with Crippen molar-refractivity contribution in [2.75, 3.05) is 0 Å². The molecular weight excluding hydrogens is 360 g/mol. The summed E-state index contributed by atoms with van der Waals surface area (Å²) in [7, 11) is 0. The number of carboxylic acid groups (broad SMARTS) is 1. The number of carbonyl (C=O) groups excluding carboxylic acids is 1. The molecule has 0 aliphatic carbocycles. The number of halogens is 2. The number of allylic oxidation sites excluding steroid dienone is 1. The number of carbonyl (C=O) groups is 2. The monoisotopic (exact) mass is 364 g/mol. The van der Waals surface area contributed by atoms with Gasteiger partial charge in [0.25, 0.3) is 0 Å². The highest BCUT2D eigenvalue weighted by atomic mass is 79.9. The van der Waals surface area contributed by atoms with Gasteiger partial charge in [0.15, 0.2) is 5.78 Å². The Kier molecular flexibility index (Phi) is 4.30. The summed E-state index contributed by atoms with van der Waals surface area (Å²) < 4.78 is 0.553. The zero-order chi connectivity index (χ0) is 13.2. The molecule has 0 atom stereocenters. The van der Waals surface area contributed by atoms with E-state index < -0.39 is 17.5 Å². The molecule has 0 heterocycles. The van der Waals surface area contributed by atoms with Crippen molar-refractivity contribution in [3.05, 3.63) is 38.5 Å². The first kappa shape index (κ1) is 13.7. The van der Waals surface area contributed by atoms with E-state index in [0.717, 1.165) is 0 Å². The molecule has 0 aromatic heterocycles. The van der Waals surface area contributed by atoms with Crippen LogP contribution in [0.25, 0.3) is 0 Å². The number of rotatable bonds is 3. The Labute approximate surface area is 113 Å². The van der Waals surface area contributed by atoms with Gasteiger partial charge < -0.3 is 15.3 Å². The maximum atomic E-state index is 11.6. The summed E-state index contributed by atoms with van der Waals surface area (Å²) in [5.74, 6) is -3.40. The number of ketones is 1. The standard InChI is InChI=1S/C10H6Br2O5/c11-5-1-4(2-6(12)9(5)15)7(13)3-8(14)10(16)17/h1-3,14-15H,(H,16,17)/b8-3+. The molecule has 1 aromatic rings. The van der Waals surface area contributed by atoms with Crippen LogP contribution in [0.3, 0.4) is 0 Å². The average molecular weight is 366 g/mol. The number of aliphatic hydroxyl groups is 1. The summed E-state index contributed by atoms with van der Waals surface area (Å²) in [6.45, 7) is 0. The van der Waals surface area contributed by atoms with Crippen molar-refractivity contribution in [2.45, 2.75) is 0 Å². The topological polar surface area (TPSA) is 94.8 Å². The Hall–Kier alpha value is -1.34. The summed E-state index contributed by atoms with van der Waals surface area (Å²) in [5.41, 5.74) is 0.120. The second-order valence-electron chi connectivity index (χ2n) is 2.99. The Morgan fingerprint density at radius 3 is 2.00 bits per heavy atom. The molecule has 0 bridgehead atoms. The molecule has 1 aromatic carbocycles. The SMILES string of the molecule is O=C(O)/C(O)=C\C(=O)c1cc(Br)c(O)c(Br)c1. The number of aromatic hydroxyl groups is 1. The van der Waals surface area contributed by atoms with Gasteiger partial charge in [-0.05, 0) is 44.0 Å². The fourth-order valence-electron chi connectivity index (χ4n) is 0.977. The van der Waals surface area contributed by atoms with E-state index in [1.54, 1.807) is 0 Å². The van der Waals surface area contributed by atoms with Crippen LogP contribution in [0.5, 0.6) is 5.75 Å². The Morgan fingerprint density at radius 2 is 1.59 bits per heavy atom. The Morgan fingerprint density at radius 1 is 1.12 bits per heavy atom. The molecule has 5 nitrogen and oxygen atoms in total. The van der Waals surface area contributed by atoms with Crippen LogP contribution in [-0.4, -0.2) is 27.1 Å². The number of hydrogen-bond acceptors (Lipinski definition) is 4. The fourth-order valence-corrected chi connectivity index (χ4v) is 2.16. The fraction of sp³-hybridized carbons (Fsp3) is 0. The maximum absolute atomic E-state index is 11.6. The van der Waals surface area contributed by atoms with E-state index in [-0.39, 0.29) is 20.3 Å². The van der Waals surface area contributed by atoms with Crippen LogP contribution in [0.4, 0.5) is 0 Å². The highest BCUT2D eigenvalue weighted by Gasteiger charge is 2.13. The van der Waals surface area contributed by atoms with Gasteiger partial charge in [-0.25, -0.2) is 4.79 Å². The van der Waals surface area contributed by atoms with Gasteiger partial charge in [-0.15, -0.1) is 0 Å². The molecule has 0 unspecified atom stereocenters. The molecule has 7 heteroatoms. The van der Waals surface area contributed by atoms with Gasteiger partial charge in [0.05, 0.1) is 8.95 Å². The predicted octanol–water partition coefficient (Wildman–Crippen LogP) is 2.63. The first-order valence-electron chi connectivity index (χ1n) is 4.19. The van der Waals surface area contributed by atoms with E-state index in [1.165, 1.54) is 12.1 Å². The molecule has 17 heavy (non-hydrogen) atoms. The predicted molar refractivity (Wildman–Crippen MR) is 66.2 cm³/mol. The summed E-state index contributed by atoms with van der Waals surface area (Å²) in [5, 5.41) is 26.7. The molecule has 3 N–H and O–H groups in total. The van der Waals surface area contributed by atoms with Gasteiger partial charge >= 0.3 is 5.97 Å². The van der Waals surface area contributed by atoms with Crippen LogP contribution in [0.1, 0.15) is 10.4 Å². The van der Waals surface area contributed by atoms with Crippen molar-refractivity contribution in [2.24, 2.45) is 0 Å². The summed E-state index contributed by atoms with van der Waals surface area (Å²) in [6.07, 6.45) is 0.591. The summed E-state index contributed by atoms with van der Waals surface area (Å²) in [6, 6.07) is 2.63. The van der Waals surface area contributed by atoms with Gasteiger partial charge in [-0.2, -0.15) is 0 Å². The lowest BCUT2D eigenvalue weighted by atomic mass is 10.1. The van der Waals surface area contributed by atoms with Crippen molar-refractivity contribution >= 4 is 43.6 Å². The highest BCUT2D eigenvalue weighted by molar-refractivity contribution is 9.11.